The number of hydrogen-bond donors (Lipinski definition) is 1. The fourth-order valence-electron chi connectivity index (χ4n) is 3.37. The average molecular weight is 397 g/mol. The molecular weight excluding hydrogens is 376 g/mol. The van der Waals surface area contributed by atoms with E-state index in [1.54, 1.807) is 55.3 Å². The Bertz CT molecular complexity index is 1070. The van der Waals surface area contributed by atoms with E-state index in [4.69, 9.17) is 9.84 Å². The molecule has 0 amide bonds. The van der Waals surface area contributed by atoms with Crippen molar-refractivity contribution in [1.29, 1.82) is 0 Å². The van der Waals surface area contributed by atoms with Gasteiger partial charge in [-0.2, -0.15) is 0 Å². The summed E-state index contributed by atoms with van der Waals surface area (Å²) in [6, 6.07) is 14.2. The Morgan fingerprint density at radius 2 is 1.76 bits per heavy atom. The number of carbonyl (C=O) groups is 1. The summed E-state index contributed by atoms with van der Waals surface area (Å²) >= 11 is 0. The van der Waals surface area contributed by atoms with Gasteiger partial charge < -0.3 is 14.7 Å². The molecule has 4 nitrogen and oxygen atoms in total. The number of nitrogens with zero attached hydrogens (tertiary/aromatic N) is 1. The van der Waals surface area contributed by atoms with Crippen molar-refractivity contribution < 1.29 is 23.4 Å². The lowest BCUT2D eigenvalue weighted by Gasteiger charge is -2.26. The third-order valence-electron chi connectivity index (χ3n) is 4.74. The highest BCUT2D eigenvalue weighted by atomic mass is 19.1. The zero-order chi connectivity index (χ0) is 21.1. The lowest BCUT2D eigenvalue weighted by atomic mass is 10.0. The molecule has 0 bridgehead atoms. The van der Waals surface area contributed by atoms with Gasteiger partial charge in [0, 0.05) is 12.6 Å². The predicted molar refractivity (Wildman–Crippen MR) is 109 cm³/mol. The molecule has 0 aliphatic heterocycles. The highest BCUT2D eigenvalue weighted by Crippen LogP contribution is 2.37. The summed E-state index contributed by atoms with van der Waals surface area (Å²) in [7, 11) is 1.73. The van der Waals surface area contributed by atoms with E-state index in [2.05, 4.69) is 0 Å². The first-order valence-electron chi connectivity index (χ1n) is 9.02. The van der Waals surface area contributed by atoms with E-state index >= 15 is 0 Å². The summed E-state index contributed by atoms with van der Waals surface area (Å²) in [5.74, 6) is -1.45. The van der Waals surface area contributed by atoms with Crippen molar-refractivity contribution in [1.82, 2.24) is 0 Å². The van der Waals surface area contributed by atoms with Crippen LogP contribution >= 0.6 is 0 Å². The lowest BCUT2D eigenvalue weighted by Crippen LogP contribution is -2.16. The average Bonchev–Trinajstić information content (AvgIpc) is 2.67. The molecule has 0 unspecified atom stereocenters. The molecule has 0 heterocycles. The Morgan fingerprint density at radius 1 is 1.03 bits per heavy atom. The fourth-order valence-corrected chi connectivity index (χ4v) is 3.37. The Hall–Kier alpha value is -3.41. The van der Waals surface area contributed by atoms with Crippen molar-refractivity contribution in [2.24, 2.45) is 0 Å². The van der Waals surface area contributed by atoms with E-state index in [1.807, 2.05) is 6.92 Å². The molecule has 3 aromatic carbocycles. The molecule has 3 aromatic rings. The van der Waals surface area contributed by atoms with Crippen molar-refractivity contribution in [2.45, 2.75) is 13.8 Å². The van der Waals surface area contributed by atoms with Crippen LogP contribution in [0, 0.1) is 25.5 Å². The van der Waals surface area contributed by atoms with Gasteiger partial charge in [0.25, 0.3) is 0 Å². The lowest BCUT2D eigenvalue weighted by molar-refractivity contribution is -0.139. The van der Waals surface area contributed by atoms with E-state index < -0.39 is 18.4 Å². The zero-order valence-electron chi connectivity index (χ0n) is 16.4. The fraction of sp³-hybridized carbons (Fsp3) is 0.174. The Labute approximate surface area is 168 Å². The molecule has 0 spiro atoms. The number of rotatable bonds is 6. The standard InChI is InChI=1S/C23H21F2NO3/c1-14-7-10-21(29-13-22(27)28)15(2)23(14)26(3)20-12-17(8-9-19(20)25)16-5-4-6-18(24)11-16/h4-12H,13H2,1-3H3,(H,27,28). The second kappa shape index (κ2) is 8.31. The number of carboxylic acid groups (broad SMARTS) is 1. The van der Waals surface area contributed by atoms with Crippen LogP contribution in [0.25, 0.3) is 11.1 Å². The van der Waals surface area contributed by atoms with Gasteiger partial charge in [0.1, 0.15) is 17.4 Å². The van der Waals surface area contributed by atoms with E-state index in [1.165, 1.54) is 18.2 Å². The molecule has 0 saturated heterocycles. The number of carboxylic acids is 1. The summed E-state index contributed by atoms with van der Waals surface area (Å²) in [5.41, 5.74) is 3.93. The van der Waals surface area contributed by atoms with Gasteiger partial charge in [0.05, 0.1) is 11.4 Å². The van der Waals surface area contributed by atoms with Gasteiger partial charge in [0.15, 0.2) is 6.61 Å². The van der Waals surface area contributed by atoms with Crippen LogP contribution in [0.2, 0.25) is 0 Å². The maximum absolute atomic E-state index is 14.7. The van der Waals surface area contributed by atoms with Gasteiger partial charge in [-0.25, -0.2) is 13.6 Å². The summed E-state index contributed by atoms with van der Waals surface area (Å²) in [5, 5.41) is 8.86. The number of anilines is 2. The molecule has 150 valence electrons. The molecule has 6 heteroatoms. The minimum atomic E-state index is -1.08. The van der Waals surface area contributed by atoms with Crippen LogP contribution in [0.15, 0.2) is 54.6 Å². The summed E-state index contributed by atoms with van der Waals surface area (Å²) in [4.78, 5) is 12.5. The Balaban J connectivity index is 2.04. The number of benzene rings is 3. The van der Waals surface area contributed by atoms with Gasteiger partial charge >= 0.3 is 5.97 Å². The van der Waals surface area contributed by atoms with Gasteiger partial charge in [-0.1, -0.05) is 24.3 Å². The Morgan fingerprint density at radius 3 is 2.45 bits per heavy atom. The largest absolute Gasteiger partial charge is 0.482 e. The van der Waals surface area contributed by atoms with Crippen LogP contribution in [-0.4, -0.2) is 24.7 Å². The molecular formula is C23H21F2NO3. The molecule has 1 N–H and O–H groups in total. The quantitative estimate of drug-likeness (QED) is 0.598. The maximum atomic E-state index is 14.7. The highest BCUT2D eigenvalue weighted by Gasteiger charge is 2.18. The first-order chi connectivity index (χ1) is 13.8. The molecule has 0 aliphatic carbocycles. The van der Waals surface area contributed by atoms with Crippen molar-refractivity contribution >= 4 is 17.3 Å². The molecule has 0 atom stereocenters. The van der Waals surface area contributed by atoms with Crippen LogP contribution in [0.1, 0.15) is 11.1 Å². The first-order valence-corrected chi connectivity index (χ1v) is 9.02. The third-order valence-corrected chi connectivity index (χ3v) is 4.74. The van der Waals surface area contributed by atoms with Crippen LogP contribution in [0.4, 0.5) is 20.2 Å². The van der Waals surface area contributed by atoms with E-state index in [9.17, 15) is 13.6 Å². The number of ether oxygens (including phenoxy) is 1. The van der Waals surface area contributed by atoms with Crippen molar-refractivity contribution in [3.05, 3.63) is 77.4 Å². The molecule has 0 radical (unpaired) electrons. The smallest absolute Gasteiger partial charge is 0.341 e. The molecule has 0 aromatic heterocycles. The van der Waals surface area contributed by atoms with Gasteiger partial charge in [0.2, 0.25) is 0 Å². The predicted octanol–water partition coefficient (Wildman–Crippen LogP) is 5.48. The number of aliphatic carboxylic acids is 1. The summed E-state index contributed by atoms with van der Waals surface area (Å²) < 4.78 is 33.6. The van der Waals surface area contributed by atoms with E-state index in [0.717, 1.165) is 5.56 Å². The van der Waals surface area contributed by atoms with Crippen LogP contribution in [-0.2, 0) is 4.79 Å². The van der Waals surface area contributed by atoms with Crippen LogP contribution in [0.5, 0.6) is 5.75 Å². The third kappa shape index (κ3) is 4.37. The van der Waals surface area contributed by atoms with Gasteiger partial charge in [-0.3, -0.25) is 0 Å². The van der Waals surface area contributed by atoms with Crippen molar-refractivity contribution in [3.8, 4) is 16.9 Å². The van der Waals surface area contributed by atoms with Crippen LogP contribution in [0.3, 0.4) is 0 Å². The molecule has 0 fully saturated rings. The molecule has 29 heavy (non-hydrogen) atoms. The minimum absolute atomic E-state index is 0.313. The second-order valence-electron chi connectivity index (χ2n) is 6.77. The first kappa shape index (κ1) is 20.3. The topological polar surface area (TPSA) is 49.8 Å². The van der Waals surface area contributed by atoms with Gasteiger partial charge in [-0.15, -0.1) is 0 Å². The molecule has 3 rings (SSSR count). The molecule has 0 saturated carbocycles. The van der Waals surface area contributed by atoms with E-state index in [-0.39, 0.29) is 5.82 Å². The highest BCUT2D eigenvalue weighted by molar-refractivity contribution is 5.76. The SMILES string of the molecule is Cc1ccc(OCC(=O)O)c(C)c1N(C)c1cc(-c2cccc(F)c2)ccc1F. The normalized spacial score (nSPS) is 10.7. The van der Waals surface area contributed by atoms with Crippen LogP contribution < -0.4 is 9.64 Å². The summed E-state index contributed by atoms with van der Waals surface area (Å²) in [6.07, 6.45) is 0. The van der Waals surface area contributed by atoms with Gasteiger partial charge in [-0.05, 0) is 60.9 Å². The number of hydrogen-bond acceptors (Lipinski definition) is 3. The minimum Gasteiger partial charge on any atom is -0.482 e. The monoisotopic (exact) mass is 397 g/mol. The Kier molecular flexibility index (Phi) is 5.82. The van der Waals surface area contributed by atoms with Crippen molar-refractivity contribution in [3.63, 3.8) is 0 Å². The zero-order valence-corrected chi connectivity index (χ0v) is 16.4. The van der Waals surface area contributed by atoms with E-state index in [0.29, 0.717) is 33.8 Å². The second-order valence-corrected chi connectivity index (χ2v) is 6.77. The summed E-state index contributed by atoms with van der Waals surface area (Å²) in [6.45, 7) is 3.22. The molecule has 0 aliphatic rings. The number of halogens is 2. The van der Waals surface area contributed by atoms with Crippen molar-refractivity contribution in [2.75, 3.05) is 18.6 Å². The number of aryl methyl sites for hydroxylation is 1. The maximum Gasteiger partial charge on any atom is 0.341 e.